The van der Waals surface area contributed by atoms with Crippen LogP contribution in [0.4, 0.5) is 0 Å². The van der Waals surface area contributed by atoms with Crippen molar-refractivity contribution in [3.63, 3.8) is 0 Å². The van der Waals surface area contributed by atoms with E-state index in [-0.39, 0.29) is 12.1 Å². The topological polar surface area (TPSA) is 41.9 Å². The van der Waals surface area contributed by atoms with Gasteiger partial charge in [-0.15, -0.1) is 0 Å². The zero-order valence-corrected chi connectivity index (χ0v) is 15.5. The predicted octanol–water partition coefficient (Wildman–Crippen LogP) is 3.25. The summed E-state index contributed by atoms with van der Waals surface area (Å²) in [6.45, 7) is 4.28. The van der Waals surface area contributed by atoms with Crippen molar-refractivity contribution in [1.29, 1.82) is 0 Å². The Morgan fingerprint density at radius 2 is 1.81 bits per heavy atom. The first kappa shape index (κ1) is 17.5. The monoisotopic (exact) mass is 353 g/mol. The van der Waals surface area contributed by atoms with Gasteiger partial charge in [-0.1, -0.05) is 42.5 Å². The summed E-state index contributed by atoms with van der Waals surface area (Å²) < 4.78 is 11.4. The molecule has 4 heteroatoms. The standard InChI is InChI=1S/C22H27NO3/c1-16-8-9-20(21(10-16)25-2)22(24)11-18-14-26-15-19(12-22)23(18)13-17-6-4-3-5-7-17/h3-10,18-19,24H,11-15H2,1-2H3. The van der Waals surface area contributed by atoms with E-state index in [9.17, 15) is 5.11 Å². The van der Waals surface area contributed by atoms with Gasteiger partial charge in [0.15, 0.2) is 0 Å². The highest BCUT2D eigenvalue weighted by molar-refractivity contribution is 5.41. The Bertz CT molecular complexity index is 747. The van der Waals surface area contributed by atoms with E-state index in [2.05, 4.69) is 35.2 Å². The van der Waals surface area contributed by atoms with Gasteiger partial charge in [0, 0.05) is 24.2 Å². The van der Waals surface area contributed by atoms with Crippen LogP contribution in [0.1, 0.15) is 29.5 Å². The van der Waals surface area contributed by atoms with Crippen molar-refractivity contribution < 1.29 is 14.6 Å². The lowest BCUT2D eigenvalue weighted by atomic mass is 9.76. The van der Waals surface area contributed by atoms with E-state index in [0.717, 1.165) is 23.4 Å². The summed E-state index contributed by atoms with van der Waals surface area (Å²) in [6, 6.07) is 17.1. The molecule has 26 heavy (non-hydrogen) atoms. The van der Waals surface area contributed by atoms with Crippen LogP contribution in [-0.2, 0) is 16.9 Å². The number of rotatable bonds is 4. The largest absolute Gasteiger partial charge is 0.496 e. The highest BCUT2D eigenvalue weighted by atomic mass is 16.5. The van der Waals surface area contributed by atoms with Crippen molar-refractivity contribution in [3.8, 4) is 5.75 Å². The summed E-state index contributed by atoms with van der Waals surface area (Å²) in [6.07, 6.45) is 1.32. The lowest BCUT2D eigenvalue weighted by molar-refractivity contribution is -0.150. The molecule has 0 amide bonds. The van der Waals surface area contributed by atoms with E-state index in [4.69, 9.17) is 9.47 Å². The first-order chi connectivity index (χ1) is 12.6. The minimum Gasteiger partial charge on any atom is -0.496 e. The number of aliphatic hydroxyl groups is 1. The fourth-order valence-corrected chi connectivity index (χ4v) is 4.50. The highest BCUT2D eigenvalue weighted by Crippen LogP contribution is 2.44. The van der Waals surface area contributed by atoms with Gasteiger partial charge in [-0.25, -0.2) is 0 Å². The Kier molecular flexibility index (Phi) is 4.74. The van der Waals surface area contributed by atoms with Crippen LogP contribution in [-0.4, -0.2) is 42.4 Å². The first-order valence-electron chi connectivity index (χ1n) is 9.34. The average Bonchev–Trinajstić information content (AvgIpc) is 2.63. The quantitative estimate of drug-likeness (QED) is 0.916. The molecule has 0 saturated carbocycles. The second-order valence-electron chi connectivity index (χ2n) is 7.65. The van der Waals surface area contributed by atoms with Gasteiger partial charge in [-0.2, -0.15) is 0 Å². The first-order valence-corrected chi connectivity index (χ1v) is 9.34. The van der Waals surface area contributed by atoms with Crippen LogP contribution < -0.4 is 4.74 Å². The molecule has 2 bridgehead atoms. The number of ether oxygens (including phenoxy) is 2. The molecule has 2 atom stereocenters. The maximum Gasteiger partial charge on any atom is 0.125 e. The van der Waals surface area contributed by atoms with E-state index in [0.29, 0.717) is 26.1 Å². The van der Waals surface area contributed by atoms with Crippen molar-refractivity contribution in [2.24, 2.45) is 0 Å². The molecular weight excluding hydrogens is 326 g/mol. The summed E-state index contributed by atoms with van der Waals surface area (Å²) in [5.41, 5.74) is 2.48. The van der Waals surface area contributed by atoms with Gasteiger partial charge in [-0.3, -0.25) is 4.90 Å². The molecule has 0 radical (unpaired) electrons. The maximum absolute atomic E-state index is 11.6. The zero-order chi connectivity index (χ0) is 18.1. The molecule has 0 spiro atoms. The van der Waals surface area contributed by atoms with E-state index in [1.165, 1.54) is 5.56 Å². The Balaban J connectivity index is 1.61. The molecule has 0 aliphatic carbocycles. The maximum atomic E-state index is 11.6. The van der Waals surface area contributed by atoms with E-state index >= 15 is 0 Å². The Morgan fingerprint density at radius 1 is 1.12 bits per heavy atom. The van der Waals surface area contributed by atoms with Gasteiger partial charge in [0.1, 0.15) is 5.75 Å². The molecule has 2 heterocycles. The van der Waals surface area contributed by atoms with Crippen LogP contribution in [0.2, 0.25) is 0 Å². The average molecular weight is 353 g/mol. The molecule has 138 valence electrons. The third kappa shape index (κ3) is 3.25. The van der Waals surface area contributed by atoms with Crippen molar-refractivity contribution >= 4 is 0 Å². The van der Waals surface area contributed by atoms with Crippen molar-refractivity contribution in [2.75, 3.05) is 20.3 Å². The molecule has 4 rings (SSSR count). The Labute approximate surface area is 155 Å². The number of aryl methyl sites for hydroxylation is 1. The fourth-order valence-electron chi connectivity index (χ4n) is 4.50. The lowest BCUT2D eigenvalue weighted by Gasteiger charge is -2.52. The summed E-state index contributed by atoms with van der Waals surface area (Å²) in [4.78, 5) is 2.51. The Hall–Kier alpha value is -1.88. The smallest absolute Gasteiger partial charge is 0.125 e. The molecule has 2 saturated heterocycles. The second-order valence-corrected chi connectivity index (χ2v) is 7.65. The molecule has 1 N–H and O–H groups in total. The van der Waals surface area contributed by atoms with E-state index < -0.39 is 5.60 Å². The van der Waals surface area contributed by atoms with Crippen LogP contribution in [0.25, 0.3) is 0 Å². The summed E-state index contributed by atoms with van der Waals surface area (Å²) >= 11 is 0. The van der Waals surface area contributed by atoms with E-state index in [1.54, 1.807) is 7.11 Å². The summed E-state index contributed by atoms with van der Waals surface area (Å²) in [5.74, 6) is 0.781. The molecule has 2 aromatic carbocycles. The van der Waals surface area contributed by atoms with Gasteiger partial charge in [0.25, 0.3) is 0 Å². The molecule has 0 aromatic heterocycles. The number of benzene rings is 2. The predicted molar refractivity (Wildman–Crippen MR) is 101 cm³/mol. The molecule has 2 unspecified atom stereocenters. The number of nitrogens with zero attached hydrogens (tertiary/aromatic N) is 1. The van der Waals surface area contributed by atoms with Gasteiger partial charge in [-0.05, 0) is 37.0 Å². The fraction of sp³-hybridized carbons (Fsp3) is 0.455. The van der Waals surface area contributed by atoms with Crippen LogP contribution in [0, 0.1) is 6.92 Å². The lowest BCUT2D eigenvalue weighted by Crippen LogP contribution is -2.60. The van der Waals surface area contributed by atoms with Crippen molar-refractivity contribution in [3.05, 3.63) is 65.2 Å². The second kappa shape index (κ2) is 7.03. The minimum absolute atomic E-state index is 0.207. The zero-order valence-electron chi connectivity index (χ0n) is 15.5. The van der Waals surface area contributed by atoms with Crippen LogP contribution in [0.5, 0.6) is 5.75 Å². The van der Waals surface area contributed by atoms with Crippen LogP contribution >= 0.6 is 0 Å². The van der Waals surface area contributed by atoms with Gasteiger partial charge < -0.3 is 14.6 Å². The van der Waals surface area contributed by atoms with Crippen LogP contribution in [0.15, 0.2) is 48.5 Å². The molecular formula is C22H27NO3. The van der Waals surface area contributed by atoms with Gasteiger partial charge in [0.05, 0.1) is 25.9 Å². The molecule has 2 aliphatic heterocycles. The minimum atomic E-state index is -0.870. The molecule has 2 aliphatic rings. The number of hydrogen-bond acceptors (Lipinski definition) is 4. The normalized spacial score (nSPS) is 28.7. The van der Waals surface area contributed by atoms with Crippen molar-refractivity contribution in [1.82, 2.24) is 4.90 Å². The summed E-state index contributed by atoms with van der Waals surface area (Å²) in [7, 11) is 1.68. The third-order valence-electron chi connectivity index (χ3n) is 5.77. The SMILES string of the molecule is COc1cc(C)ccc1C1(O)CC2COCC(C1)N2Cc1ccccc1. The molecule has 4 nitrogen and oxygen atoms in total. The third-order valence-corrected chi connectivity index (χ3v) is 5.77. The molecule has 2 fully saturated rings. The number of methoxy groups -OCH3 is 1. The van der Waals surface area contributed by atoms with Gasteiger partial charge in [0.2, 0.25) is 0 Å². The van der Waals surface area contributed by atoms with E-state index in [1.807, 2.05) is 25.1 Å². The van der Waals surface area contributed by atoms with Crippen LogP contribution in [0.3, 0.4) is 0 Å². The highest BCUT2D eigenvalue weighted by Gasteiger charge is 2.47. The number of morpholine rings is 1. The van der Waals surface area contributed by atoms with Gasteiger partial charge >= 0.3 is 0 Å². The number of hydrogen-bond donors (Lipinski definition) is 1. The molecule has 2 aromatic rings. The number of fused-ring (bicyclic) bond motifs is 2. The summed E-state index contributed by atoms with van der Waals surface area (Å²) in [5, 5.41) is 11.6. The number of piperidine rings is 1. The van der Waals surface area contributed by atoms with Crippen molar-refractivity contribution in [2.45, 2.75) is 44.0 Å². The Morgan fingerprint density at radius 3 is 2.46 bits per heavy atom.